The standard InChI is InChI=1S/C20H15Cl2NO4S/c1-12-2-5-14(6-3-12)26-10-19-23-17(11-28-19)20(25)27-9-18(24)15-7-4-13(21)8-16(15)22/h2-8,11H,9-10H2,1H3. The van der Waals surface area contributed by atoms with Gasteiger partial charge < -0.3 is 9.47 Å². The van der Waals surface area contributed by atoms with Crippen LogP contribution in [-0.4, -0.2) is 23.3 Å². The predicted octanol–water partition coefficient (Wildman–Crippen LogP) is 5.38. The largest absolute Gasteiger partial charge is 0.486 e. The summed E-state index contributed by atoms with van der Waals surface area (Å²) in [5.41, 5.74) is 1.51. The van der Waals surface area contributed by atoms with Crippen LogP contribution in [0.5, 0.6) is 5.75 Å². The van der Waals surface area contributed by atoms with Crippen LogP contribution in [0.2, 0.25) is 10.0 Å². The number of hydrogen-bond acceptors (Lipinski definition) is 6. The second-order valence-corrected chi connectivity index (χ2v) is 7.64. The van der Waals surface area contributed by atoms with E-state index in [2.05, 4.69) is 4.98 Å². The van der Waals surface area contributed by atoms with Crippen molar-refractivity contribution in [2.24, 2.45) is 0 Å². The summed E-state index contributed by atoms with van der Waals surface area (Å²) in [7, 11) is 0. The first-order valence-electron chi connectivity index (χ1n) is 8.21. The second kappa shape index (κ2) is 9.19. The van der Waals surface area contributed by atoms with Gasteiger partial charge in [0.2, 0.25) is 5.78 Å². The Labute approximate surface area is 175 Å². The number of benzene rings is 2. The van der Waals surface area contributed by atoms with Crippen LogP contribution in [0.4, 0.5) is 0 Å². The summed E-state index contributed by atoms with van der Waals surface area (Å²) in [6, 6.07) is 12.1. The van der Waals surface area contributed by atoms with Crippen molar-refractivity contribution < 1.29 is 19.1 Å². The normalized spacial score (nSPS) is 10.5. The molecule has 5 nitrogen and oxygen atoms in total. The molecule has 0 saturated heterocycles. The lowest BCUT2D eigenvalue weighted by molar-refractivity contribution is 0.0469. The van der Waals surface area contributed by atoms with Crippen molar-refractivity contribution in [1.82, 2.24) is 4.98 Å². The zero-order valence-corrected chi connectivity index (χ0v) is 17.1. The Balaban J connectivity index is 1.53. The molecule has 0 aliphatic rings. The number of rotatable bonds is 7. The third-order valence-electron chi connectivity index (χ3n) is 3.71. The summed E-state index contributed by atoms with van der Waals surface area (Å²) < 4.78 is 10.7. The van der Waals surface area contributed by atoms with E-state index < -0.39 is 18.4 Å². The zero-order chi connectivity index (χ0) is 20.1. The van der Waals surface area contributed by atoms with Gasteiger partial charge in [-0.25, -0.2) is 9.78 Å². The van der Waals surface area contributed by atoms with Gasteiger partial charge in [-0.15, -0.1) is 11.3 Å². The van der Waals surface area contributed by atoms with Gasteiger partial charge in [0.25, 0.3) is 0 Å². The number of ether oxygens (including phenoxy) is 2. The molecule has 3 aromatic rings. The van der Waals surface area contributed by atoms with E-state index >= 15 is 0 Å². The molecular weight excluding hydrogens is 421 g/mol. The molecule has 144 valence electrons. The van der Waals surface area contributed by atoms with E-state index in [0.717, 1.165) is 11.3 Å². The van der Waals surface area contributed by atoms with E-state index in [1.165, 1.54) is 23.5 Å². The Morgan fingerprint density at radius 1 is 1.11 bits per heavy atom. The minimum absolute atomic E-state index is 0.127. The van der Waals surface area contributed by atoms with Crippen LogP contribution in [0.3, 0.4) is 0 Å². The molecule has 28 heavy (non-hydrogen) atoms. The lowest BCUT2D eigenvalue weighted by atomic mass is 10.1. The lowest BCUT2D eigenvalue weighted by Crippen LogP contribution is -2.15. The number of hydrogen-bond donors (Lipinski definition) is 0. The number of nitrogens with zero attached hydrogens (tertiary/aromatic N) is 1. The summed E-state index contributed by atoms with van der Waals surface area (Å²) in [5.74, 6) is -0.389. The number of aromatic nitrogens is 1. The molecule has 3 rings (SSSR count). The Morgan fingerprint density at radius 3 is 2.57 bits per heavy atom. The van der Waals surface area contributed by atoms with Crippen molar-refractivity contribution in [2.75, 3.05) is 6.61 Å². The molecule has 0 bridgehead atoms. The number of carbonyl (C=O) groups excluding carboxylic acids is 2. The minimum Gasteiger partial charge on any atom is -0.486 e. The first-order valence-corrected chi connectivity index (χ1v) is 9.85. The highest BCUT2D eigenvalue weighted by Gasteiger charge is 2.17. The van der Waals surface area contributed by atoms with Crippen LogP contribution < -0.4 is 4.74 Å². The van der Waals surface area contributed by atoms with Crippen LogP contribution in [0.1, 0.15) is 31.4 Å². The van der Waals surface area contributed by atoms with Crippen LogP contribution in [0.25, 0.3) is 0 Å². The molecular formula is C20H15Cl2NO4S. The predicted molar refractivity (Wildman–Crippen MR) is 109 cm³/mol. The van der Waals surface area contributed by atoms with Gasteiger partial charge in [0.1, 0.15) is 17.4 Å². The smallest absolute Gasteiger partial charge is 0.358 e. The van der Waals surface area contributed by atoms with Gasteiger partial charge >= 0.3 is 5.97 Å². The number of esters is 1. The molecule has 0 atom stereocenters. The molecule has 0 fully saturated rings. The number of ketones is 1. The number of aryl methyl sites for hydroxylation is 1. The van der Waals surface area contributed by atoms with E-state index in [-0.39, 0.29) is 22.9 Å². The van der Waals surface area contributed by atoms with Crippen LogP contribution >= 0.6 is 34.5 Å². The topological polar surface area (TPSA) is 65.5 Å². The molecule has 0 spiro atoms. The fourth-order valence-electron chi connectivity index (χ4n) is 2.25. The molecule has 0 unspecified atom stereocenters. The third kappa shape index (κ3) is 5.32. The average molecular weight is 436 g/mol. The molecule has 1 heterocycles. The van der Waals surface area contributed by atoms with E-state index in [0.29, 0.717) is 10.0 Å². The fraction of sp³-hybridized carbons (Fsp3) is 0.150. The van der Waals surface area contributed by atoms with Gasteiger partial charge in [-0.3, -0.25) is 4.79 Å². The van der Waals surface area contributed by atoms with E-state index in [9.17, 15) is 9.59 Å². The Hall–Kier alpha value is -2.41. The van der Waals surface area contributed by atoms with Gasteiger partial charge in [0.05, 0.1) is 5.02 Å². The summed E-state index contributed by atoms with van der Waals surface area (Å²) in [6.07, 6.45) is 0. The average Bonchev–Trinajstić information content (AvgIpc) is 3.14. The van der Waals surface area contributed by atoms with Crippen molar-refractivity contribution in [3.8, 4) is 5.75 Å². The maximum absolute atomic E-state index is 12.2. The Kier molecular flexibility index (Phi) is 6.67. The molecule has 8 heteroatoms. The summed E-state index contributed by atoms with van der Waals surface area (Å²) in [4.78, 5) is 28.5. The molecule has 1 aromatic heterocycles. The Morgan fingerprint density at radius 2 is 1.86 bits per heavy atom. The van der Waals surface area contributed by atoms with Crippen LogP contribution in [-0.2, 0) is 11.3 Å². The van der Waals surface area contributed by atoms with Gasteiger partial charge in [0.15, 0.2) is 12.3 Å². The molecule has 2 aromatic carbocycles. The van der Waals surface area contributed by atoms with Crippen molar-refractivity contribution in [1.29, 1.82) is 0 Å². The van der Waals surface area contributed by atoms with Crippen molar-refractivity contribution >= 4 is 46.3 Å². The van der Waals surface area contributed by atoms with Gasteiger partial charge in [-0.05, 0) is 37.3 Å². The molecule has 0 radical (unpaired) electrons. The number of thiazole rings is 1. The number of carbonyl (C=O) groups is 2. The van der Waals surface area contributed by atoms with Crippen molar-refractivity contribution in [3.05, 3.63) is 79.7 Å². The summed E-state index contributed by atoms with van der Waals surface area (Å²) in [5, 5.41) is 2.81. The number of Topliss-reactive ketones (excluding diaryl/α,β-unsaturated/α-hetero) is 1. The maximum atomic E-state index is 12.2. The minimum atomic E-state index is -0.684. The highest BCUT2D eigenvalue weighted by molar-refractivity contribution is 7.09. The molecule has 0 N–H and O–H groups in total. The monoisotopic (exact) mass is 435 g/mol. The van der Waals surface area contributed by atoms with Gasteiger partial charge in [0, 0.05) is 16.0 Å². The quantitative estimate of drug-likeness (QED) is 0.368. The SMILES string of the molecule is Cc1ccc(OCc2nc(C(=O)OCC(=O)c3ccc(Cl)cc3Cl)cs2)cc1. The first-order chi connectivity index (χ1) is 13.4. The maximum Gasteiger partial charge on any atom is 0.358 e. The molecule has 0 aliphatic carbocycles. The highest BCUT2D eigenvalue weighted by Crippen LogP contribution is 2.22. The van der Waals surface area contributed by atoms with Gasteiger partial charge in [-0.2, -0.15) is 0 Å². The molecule has 0 amide bonds. The van der Waals surface area contributed by atoms with Gasteiger partial charge in [-0.1, -0.05) is 40.9 Å². The third-order valence-corrected chi connectivity index (χ3v) is 5.08. The fourth-order valence-corrected chi connectivity index (χ4v) is 3.44. The Bertz CT molecular complexity index is 1000. The summed E-state index contributed by atoms with van der Waals surface area (Å²) >= 11 is 13.1. The second-order valence-electron chi connectivity index (χ2n) is 5.85. The first kappa shape index (κ1) is 20.3. The molecule has 0 aliphatic heterocycles. The summed E-state index contributed by atoms with van der Waals surface area (Å²) in [6.45, 7) is 1.79. The lowest BCUT2D eigenvalue weighted by Gasteiger charge is -2.05. The van der Waals surface area contributed by atoms with E-state index in [4.69, 9.17) is 32.7 Å². The zero-order valence-electron chi connectivity index (χ0n) is 14.8. The van der Waals surface area contributed by atoms with Crippen LogP contribution in [0.15, 0.2) is 47.8 Å². The number of halogens is 2. The van der Waals surface area contributed by atoms with Crippen molar-refractivity contribution in [3.63, 3.8) is 0 Å². The molecule has 0 saturated carbocycles. The van der Waals surface area contributed by atoms with Crippen molar-refractivity contribution in [2.45, 2.75) is 13.5 Å². The van der Waals surface area contributed by atoms with E-state index in [1.807, 2.05) is 31.2 Å². The van der Waals surface area contributed by atoms with E-state index in [1.54, 1.807) is 11.4 Å². The van der Waals surface area contributed by atoms with Crippen LogP contribution in [0, 0.1) is 6.92 Å². The highest BCUT2D eigenvalue weighted by atomic mass is 35.5.